The number of ether oxygens (including phenoxy) is 1. The molecule has 0 atom stereocenters. The van der Waals surface area contributed by atoms with E-state index < -0.39 is 0 Å². The number of guanidine groups is 2. The molecule has 6 N–H and O–H groups in total. The van der Waals surface area contributed by atoms with E-state index in [9.17, 15) is 0 Å². The lowest BCUT2D eigenvalue weighted by Crippen LogP contribution is -2.26. The van der Waals surface area contributed by atoms with Crippen LogP contribution in [-0.4, -0.2) is 18.5 Å². The van der Waals surface area contributed by atoms with Gasteiger partial charge in [-0.2, -0.15) is 4.99 Å². The smallest absolute Gasteiger partial charge is 0.223 e. The maximum Gasteiger partial charge on any atom is 0.223 e. The quantitative estimate of drug-likeness (QED) is 0.503. The van der Waals surface area contributed by atoms with Crippen molar-refractivity contribution in [3.8, 4) is 5.75 Å². The van der Waals surface area contributed by atoms with Crippen molar-refractivity contribution in [3.63, 3.8) is 0 Å². The Kier molecular flexibility index (Phi) is 4.14. The van der Waals surface area contributed by atoms with Gasteiger partial charge < -0.3 is 21.9 Å². The molecule has 0 radical (unpaired) electrons. The summed E-state index contributed by atoms with van der Waals surface area (Å²) in [7, 11) is 0. The Morgan fingerprint density at radius 3 is 2.69 bits per heavy atom. The minimum Gasteiger partial charge on any atom is -0.494 e. The molecule has 0 aliphatic carbocycles. The number of hydrogen-bond donors (Lipinski definition) is 3. The summed E-state index contributed by atoms with van der Waals surface area (Å²) < 4.78 is 5.31. The van der Waals surface area contributed by atoms with Gasteiger partial charge >= 0.3 is 0 Å². The second kappa shape index (κ2) is 5.59. The molecule has 1 aromatic carbocycles. The summed E-state index contributed by atoms with van der Waals surface area (Å²) in [5.41, 5.74) is 16.5. The van der Waals surface area contributed by atoms with Crippen molar-refractivity contribution < 1.29 is 4.74 Å². The van der Waals surface area contributed by atoms with Crippen LogP contribution in [0, 0.1) is 0 Å². The highest BCUT2D eigenvalue weighted by molar-refractivity contribution is 5.93. The third kappa shape index (κ3) is 3.87. The highest BCUT2D eigenvalue weighted by Crippen LogP contribution is 2.19. The molecule has 0 aromatic heterocycles. The first kappa shape index (κ1) is 11.8. The van der Waals surface area contributed by atoms with Crippen molar-refractivity contribution in [1.82, 2.24) is 0 Å². The van der Waals surface area contributed by atoms with Crippen LogP contribution in [0.15, 0.2) is 34.3 Å². The fourth-order valence-corrected chi connectivity index (χ4v) is 1.10. The van der Waals surface area contributed by atoms with Gasteiger partial charge in [-0.3, -0.25) is 0 Å². The summed E-state index contributed by atoms with van der Waals surface area (Å²) >= 11 is 0. The Morgan fingerprint density at radius 2 is 2.06 bits per heavy atom. The normalized spacial score (nSPS) is 10.9. The molecule has 0 saturated heterocycles. The van der Waals surface area contributed by atoms with Crippen LogP contribution in [0.5, 0.6) is 5.75 Å². The lowest BCUT2D eigenvalue weighted by molar-refractivity contribution is 0.340. The van der Waals surface area contributed by atoms with E-state index in [4.69, 9.17) is 21.9 Å². The molecule has 16 heavy (non-hydrogen) atoms. The van der Waals surface area contributed by atoms with Gasteiger partial charge in [-0.15, -0.1) is 0 Å². The molecule has 0 heterocycles. The minimum absolute atomic E-state index is 0.00801. The fourth-order valence-electron chi connectivity index (χ4n) is 1.10. The molecule has 0 amide bonds. The number of nitrogens with two attached hydrogens (primary N) is 3. The van der Waals surface area contributed by atoms with Gasteiger partial charge in [-0.1, -0.05) is 6.07 Å². The van der Waals surface area contributed by atoms with E-state index in [-0.39, 0.29) is 11.9 Å². The summed E-state index contributed by atoms with van der Waals surface area (Å²) in [6.07, 6.45) is 0. The van der Waals surface area contributed by atoms with Crippen LogP contribution < -0.4 is 21.9 Å². The van der Waals surface area contributed by atoms with E-state index in [1.807, 2.05) is 19.1 Å². The molecule has 1 rings (SSSR count). The number of aliphatic imine (C=N–C) groups is 2. The summed E-state index contributed by atoms with van der Waals surface area (Å²) in [6, 6.07) is 7.17. The van der Waals surface area contributed by atoms with Gasteiger partial charge in [0.05, 0.1) is 12.3 Å². The molecule has 6 heteroatoms. The van der Waals surface area contributed by atoms with Gasteiger partial charge in [-0.05, 0) is 19.1 Å². The van der Waals surface area contributed by atoms with Crippen LogP contribution in [0.4, 0.5) is 5.69 Å². The summed E-state index contributed by atoms with van der Waals surface area (Å²) in [5, 5.41) is 0. The second-order valence-electron chi connectivity index (χ2n) is 2.94. The van der Waals surface area contributed by atoms with Crippen molar-refractivity contribution in [2.75, 3.05) is 6.61 Å². The zero-order valence-corrected chi connectivity index (χ0v) is 9.05. The Morgan fingerprint density at radius 1 is 1.31 bits per heavy atom. The van der Waals surface area contributed by atoms with E-state index in [1.54, 1.807) is 12.1 Å². The first-order chi connectivity index (χ1) is 7.61. The molecule has 0 saturated carbocycles. The second-order valence-corrected chi connectivity index (χ2v) is 2.94. The predicted molar refractivity (Wildman–Crippen MR) is 64.7 cm³/mol. The maximum absolute atomic E-state index is 5.49. The molecule has 6 nitrogen and oxygen atoms in total. The van der Waals surface area contributed by atoms with Crippen LogP contribution in [0.25, 0.3) is 0 Å². The topological polar surface area (TPSA) is 112 Å². The predicted octanol–water partition coefficient (Wildman–Crippen LogP) is 0.305. The monoisotopic (exact) mass is 221 g/mol. The SMILES string of the molecule is CCOc1cccc(N=C(N)N=C(N)N)c1. The lowest BCUT2D eigenvalue weighted by Gasteiger charge is -2.03. The van der Waals surface area contributed by atoms with E-state index in [1.165, 1.54) is 0 Å². The summed E-state index contributed by atoms with van der Waals surface area (Å²) in [4.78, 5) is 7.62. The highest BCUT2D eigenvalue weighted by atomic mass is 16.5. The highest BCUT2D eigenvalue weighted by Gasteiger charge is 1.96. The largest absolute Gasteiger partial charge is 0.494 e. The van der Waals surface area contributed by atoms with Crippen molar-refractivity contribution in [3.05, 3.63) is 24.3 Å². The van der Waals surface area contributed by atoms with E-state index in [2.05, 4.69) is 9.98 Å². The van der Waals surface area contributed by atoms with Crippen LogP contribution in [0.1, 0.15) is 6.92 Å². The van der Waals surface area contributed by atoms with Gasteiger partial charge in [-0.25, -0.2) is 4.99 Å². The maximum atomic E-state index is 5.49. The molecule has 0 spiro atoms. The number of rotatable bonds is 3. The van der Waals surface area contributed by atoms with Gasteiger partial charge in [0.15, 0.2) is 5.96 Å². The Bertz CT molecular complexity index is 409. The van der Waals surface area contributed by atoms with Gasteiger partial charge in [0.25, 0.3) is 0 Å². The lowest BCUT2D eigenvalue weighted by atomic mass is 10.3. The molecule has 0 unspecified atom stereocenters. The third-order valence-corrected chi connectivity index (χ3v) is 1.62. The van der Waals surface area contributed by atoms with E-state index >= 15 is 0 Å². The van der Waals surface area contributed by atoms with Crippen molar-refractivity contribution in [2.24, 2.45) is 27.2 Å². The number of benzene rings is 1. The molecular formula is C10H15N5O. The van der Waals surface area contributed by atoms with Crippen molar-refractivity contribution in [1.29, 1.82) is 0 Å². The number of hydrogen-bond acceptors (Lipinski definition) is 2. The zero-order chi connectivity index (χ0) is 12.0. The molecule has 1 aromatic rings. The number of nitrogens with zero attached hydrogens (tertiary/aromatic N) is 2. The zero-order valence-electron chi connectivity index (χ0n) is 9.05. The average Bonchev–Trinajstić information content (AvgIpc) is 2.17. The van der Waals surface area contributed by atoms with Crippen molar-refractivity contribution >= 4 is 17.6 Å². The van der Waals surface area contributed by atoms with Gasteiger partial charge in [0.1, 0.15) is 5.75 Å². The van der Waals surface area contributed by atoms with Gasteiger partial charge in [0, 0.05) is 6.07 Å². The first-order valence-corrected chi connectivity index (χ1v) is 4.78. The molecule has 0 aliphatic heterocycles. The Labute approximate surface area is 93.8 Å². The minimum atomic E-state index is -0.123. The average molecular weight is 221 g/mol. The van der Waals surface area contributed by atoms with Crippen LogP contribution in [0.3, 0.4) is 0 Å². The Balaban J connectivity index is 2.88. The molecule has 0 bridgehead atoms. The Hall–Kier alpha value is -2.24. The third-order valence-electron chi connectivity index (χ3n) is 1.62. The summed E-state index contributed by atoms with van der Waals surface area (Å²) in [5.74, 6) is 0.608. The fraction of sp³-hybridized carbons (Fsp3) is 0.200. The molecule has 0 aliphatic rings. The van der Waals surface area contributed by atoms with E-state index in [0.29, 0.717) is 12.3 Å². The summed E-state index contributed by atoms with van der Waals surface area (Å²) in [6.45, 7) is 2.50. The standard InChI is InChI=1S/C10H15N5O/c1-2-16-8-5-3-4-7(6-8)14-10(13)15-9(11)12/h3-6H,2H2,1H3,(H6,11,12,13,14,15). The molecule has 0 fully saturated rings. The van der Waals surface area contributed by atoms with E-state index in [0.717, 1.165) is 5.75 Å². The van der Waals surface area contributed by atoms with Crippen molar-refractivity contribution in [2.45, 2.75) is 6.92 Å². The van der Waals surface area contributed by atoms with Crippen LogP contribution in [0.2, 0.25) is 0 Å². The van der Waals surface area contributed by atoms with Gasteiger partial charge in [0.2, 0.25) is 5.96 Å². The van der Waals surface area contributed by atoms with Crippen LogP contribution in [-0.2, 0) is 0 Å². The molecular weight excluding hydrogens is 206 g/mol. The van der Waals surface area contributed by atoms with Crippen LogP contribution >= 0.6 is 0 Å². The molecule has 86 valence electrons. The first-order valence-electron chi connectivity index (χ1n) is 4.78.